The minimum absolute atomic E-state index is 0.497. The lowest BCUT2D eigenvalue weighted by atomic mass is 9.81. The van der Waals surface area contributed by atoms with Gasteiger partial charge in [0, 0.05) is 5.92 Å². The van der Waals surface area contributed by atoms with Crippen molar-refractivity contribution in [2.75, 3.05) is 0 Å². The summed E-state index contributed by atoms with van der Waals surface area (Å²) in [5.74, 6) is 2.22. The molecule has 1 aromatic rings. The van der Waals surface area contributed by atoms with E-state index in [9.17, 15) is 0 Å². The van der Waals surface area contributed by atoms with Crippen molar-refractivity contribution in [2.24, 2.45) is 5.92 Å². The molecule has 78 valence electrons. The first-order valence-corrected chi connectivity index (χ1v) is 6.08. The lowest BCUT2D eigenvalue weighted by Gasteiger charge is -2.25. The molecule has 0 N–H and O–H groups in total. The Kier molecular flexibility index (Phi) is 3.21. The quantitative estimate of drug-likeness (QED) is 0.815. The van der Waals surface area contributed by atoms with Gasteiger partial charge < -0.3 is 4.52 Å². The van der Waals surface area contributed by atoms with Gasteiger partial charge in [0.15, 0.2) is 0 Å². The van der Waals surface area contributed by atoms with Crippen molar-refractivity contribution in [3.63, 3.8) is 0 Å². The minimum Gasteiger partial charge on any atom is -0.338 e. The Morgan fingerprint density at radius 2 is 2.07 bits per heavy atom. The van der Waals surface area contributed by atoms with Gasteiger partial charge in [-0.2, -0.15) is 4.98 Å². The van der Waals surface area contributed by atoms with Crippen LogP contribution in [0.15, 0.2) is 9.26 Å². The Balaban J connectivity index is 1.95. The van der Waals surface area contributed by atoms with Crippen molar-refractivity contribution < 1.29 is 4.52 Å². The van der Waals surface area contributed by atoms with Gasteiger partial charge in [-0.15, -0.1) is 0 Å². The average Bonchev–Trinajstić information content (AvgIpc) is 2.65. The summed E-state index contributed by atoms with van der Waals surface area (Å²) in [4.78, 5) is 4.22. The highest BCUT2D eigenvalue weighted by Gasteiger charge is 2.25. The van der Waals surface area contributed by atoms with Crippen LogP contribution in [0.25, 0.3) is 0 Å². The molecule has 0 aromatic carbocycles. The standard InChI is InChI=1S/C10H15BrN2O/c1-2-7-3-5-8(6-4-7)9-12-10(11)13-14-9/h7-8H,2-6H2,1H3. The van der Waals surface area contributed by atoms with Gasteiger partial charge in [0.1, 0.15) is 0 Å². The predicted octanol–water partition coefficient (Wildman–Crippen LogP) is 3.52. The molecule has 3 nitrogen and oxygen atoms in total. The zero-order chi connectivity index (χ0) is 9.97. The summed E-state index contributed by atoms with van der Waals surface area (Å²) in [7, 11) is 0. The molecule has 0 spiro atoms. The third-order valence-corrected chi connectivity index (χ3v) is 3.51. The van der Waals surface area contributed by atoms with Gasteiger partial charge in [0.2, 0.25) is 10.6 Å². The molecule has 0 atom stereocenters. The minimum atomic E-state index is 0.497. The van der Waals surface area contributed by atoms with Crippen LogP contribution in [-0.2, 0) is 0 Å². The molecule has 1 heterocycles. The first-order valence-electron chi connectivity index (χ1n) is 5.28. The monoisotopic (exact) mass is 258 g/mol. The van der Waals surface area contributed by atoms with Gasteiger partial charge in [-0.3, -0.25) is 0 Å². The normalized spacial score (nSPS) is 27.9. The Morgan fingerprint density at radius 3 is 2.57 bits per heavy atom. The zero-order valence-electron chi connectivity index (χ0n) is 8.37. The maximum atomic E-state index is 5.16. The summed E-state index contributed by atoms with van der Waals surface area (Å²) in [6.07, 6.45) is 6.32. The van der Waals surface area contributed by atoms with E-state index in [0.717, 1.165) is 11.8 Å². The molecule has 1 aromatic heterocycles. The topological polar surface area (TPSA) is 38.9 Å². The zero-order valence-corrected chi connectivity index (χ0v) is 9.96. The Hall–Kier alpha value is -0.380. The van der Waals surface area contributed by atoms with Crippen LogP contribution in [0.3, 0.4) is 0 Å². The summed E-state index contributed by atoms with van der Waals surface area (Å²) in [5.41, 5.74) is 0. The lowest BCUT2D eigenvalue weighted by molar-refractivity contribution is 0.267. The van der Waals surface area contributed by atoms with Crippen LogP contribution in [0.5, 0.6) is 0 Å². The molecule has 0 saturated heterocycles. The third kappa shape index (κ3) is 2.16. The second kappa shape index (κ2) is 4.43. The van der Waals surface area contributed by atoms with Crippen LogP contribution in [-0.4, -0.2) is 10.1 Å². The van der Waals surface area contributed by atoms with E-state index in [-0.39, 0.29) is 0 Å². The molecule has 1 saturated carbocycles. The van der Waals surface area contributed by atoms with E-state index in [2.05, 4.69) is 33.0 Å². The fraction of sp³-hybridized carbons (Fsp3) is 0.800. The van der Waals surface area contributed by atoms with Crippen molar-refractivity contribution in [3.8, 4) is 0 Å². The number of nitrogens with zero attached hydrogens (tertiary/aromatic N) is 2. The molecule has 1 aliphatic rings. The maximum absolute atomic E-state index is 5.16. The van der Waals surface area contributed by atoms with E-state index in [1.807, 2.05) is 0 Å². The smallest absolute Gasteiger partial charge is 0.238 e. The number of rotatable bonds is 2. The van der Waals surface area contributed by atoms with Gasteiger partial charge in [0.25, 0.3) is 0 Å². The first kappa shape index (κ1) is 10.1. The fourth-order valence-electron chi connectivity index (χ4n) is 2.20. The Morgan fingerprint density at radius 1 is 1.36 bits per heavy atom. The van der Waals surface area contributed by atoms with E-state index < -0.39 is 0 Å². The van der Waals surface area contributed by atoms with Crippen molar-refractivity contribution in [2.45, 2.75) is 44.9 Å². The van der Waals surface area contributed by atoms with E-state index in [1.54, 1.807) is 0 Å². The molecule has 2 rings (SSSR count). The van der Waals surface area contributed by atoms with Gasteiger partial charge in [0.05, 0.1) is 0 Å². The van der Waals surface area contributed by atoms with Crippen LogP contribution in [0.4, 0.5) is 0 Å². The molecule has 0 bridgehead atoms. The van der Waals surface area contributed by atoms with E-state index >= 15 is 0 Å². The summed E-state index contributed by atoms with van der Waals surface area (Å²) in [6, 6.07) is 0. The molecular formula is C10H15BrN2O. The molecule has 0 unspecified atom stereocenters. The van der Waals surface area contributed by atoms with Crippen LogP contribution in [0.2, 0.25) is 0 Å². The van der Waals surface area contributed by atoms with Crippen LogP contribution in [0, 0.1) is 5.92 Å². The summed E-state index contributed by atoms with van der Waals surface area (Å²) >= 11 is 3.21. The van der Waals surface area contributed by atoms with Gasteiger partial charge in [-0.1, -0.05) is 13.3 Å². The van der Waals surface area contributed by atoms with Crippen molar-refractivity contribution in [1.82, 2.24) is 10.1 Å². The second-order valence-corrected chi connectivity index (χ2v) is 4.74. The van der Waals surface area contributed by atoms with Crippen LogP contribution in [0.1, 0.15) is 50.8 Å². The second-order valence-electron chi connectivity index (χ2n) is 4.03. The van der Waals surface area contributed by atoms with Gasteiger partial charge >= 0.3 is 0 Å². The van der Waals surface area contributed by atoms with Gasteiger partial charge in [-0.05, 0) is 52.7 Å². The van der Waals surface area contributed by atoms with Gasteiger partial charge in [-0.25, -0.2) is 0 Å². The van der Waals surface area contributed by atoms with E-state index in [0.29, 0.717) is 10.7 Å². The molecule has 0 amide bonds. The number of hydrogen-bond donors (Lipinski definition) is 0. The Labute approximate surface area is 92.4 Å². The number of halogens is 1. The van der Waals surface area contributed by atoms with Crippen molar-refractivity contribution in [1.29, 1.82) is 0 Å². The maximum Gasteiger partial charge on any atom is 0.238 e. The summed E-state index contributed by atoms with van der Waals surface area (Å²) in [6.45, 7) is 2.27. The SMILES string of the molecule is CCC1CCC(c2nc(Br)no2)CC1. The lowest BCUT2D eigenvalue weighted by Crippen LogP contribution is -2.12. The molecule has 14 heavy (non-hydrogen) atoms. The molecule has 1 fully saturated rings. The Bertz CT molecular complexity index is 292. The molecule has 0 radical (unpaired) electrons. The highest BCUT2D eigenvalue weighted by molar-refractivity contribution is 9.10. The van der Waals surface area contributed by atoms with Crippen molar-refractivity contribution in [3.05, 3.63) is 10.6 Å². The van der Waals surface area contributed by atoms with Crippen LogP contribution < -0.4 is 0 Å². The summed E-state index contributed by atoms with van der Waals surface area (Å²) < 4.78 is 5.74. The fourth-order valence-corrected chi connectivity index (χ4v) is 2.45. The van der Waals surface area contributed by atoms with E-state index in [4.69, 9.17) is 4.52 Å². The van der Waals surface area contributed by atoms with Crippen LogP contribution >= 0.6 is 15.9 Å². The average molecular weight is 259 g/mol. The number of aromatic nitrogens is 2. The molecular weight excluding hydrogens is 244 g/mol. The largest absolute Gasteiger partial charge is 0.338 e. The number of hydrogen-bond acceptors (Lipinski definition) is 3. The first-order chi connectivity index (χ1) is 6.79. The highest BCUT2D eigenvalue weighted by atomic mass is 79.9. The highest BCUT2D eigenvalue weighted by Crippen LogP contribution is 2.36. The third-order valence-electron chi connectivity index (χ3n) is 3.19. The summed E-state index contributed by atoms with van der Waals surface area (Å²) in [5, 5.41) is 3.76. The predicted molar refractivity (Wildman–Crippen MR) is 57.0 cm³/mol. The molecule has 4 heteroatoms. The van der Waals surface area contributed by atoms with Crippen molar-refractivity contribution >= 4 is 15.9 Å². The van der Waals surface area contributed by atoms with E-state index in [1.165, 1.54) is 32.1 Å². The molecule has 0 aliphatic heterocycles. The molecule has 1 aliphatic carbocycles.